The van der Waals surface area contributed by atoms with Crippen molar-refractivity contribution in [2.75, 3.05) is 61.0 Å². The summed E-state index contributed by atoms with van der Waals surface area (Å²) in [6.45, 7) is 11.0. The third-order valence-corrected chi connectivity index (χ3v) is 5.61. The zero-order valence-electron chi connectivity index (χ0n) is 23.2. The zero-order chi connectivity index (χ0) is 28.6. The van der Waals surface area contributed by atoms with Crippen molar-refractivity contribution in [3.05, 3.63) is 71.8 Å². The Morgan fingerprint density at radius 3 is 1.92 bits per heavy atom. The molecule has 0 aliphatic heterocycles. The lowest BCUT2D eigenvalue weighted by molar-refractivity contribution is -0.139. The van der Waals surface area contributed by atoms with Crippen molar-refractivity contribution in [3.8, 4) is 23.0 Å². The van der Waals surface area contributed by atoms with Crippen LogP contribution in [-0.4, -0.2) is 72.7 Å². The van der Waals surface area contributed by atoms with Crippen LogP contribution in [0.2, 0.25) is 0 Å². The Morgan fingerprint density at radius 2 is 1.36 bits per heavy atom. The SMILES string of the molecule is C=CCOc1cc(OCC=C)c(C(=O)c2ccc(OCCOC)c(OCCOC)c2)c(CC(=O)OC)c1CC. The lowest BCUT2D eigenvalue weighted by Gasteiger charge is -2.21. The summed E-state index contributed by atoms with van der Waals surface area (Å²) in [5, 5.41) is 0. The Bertz CT molecular complexity index is 1120. The van der Waals surface area contributed by atoms with Gasteiger partial charge in [-0.15, -0.1) is 0 Å². The maximum atomic E-state index is 14.1. The topological polar surface area (TPSA) is 98.8 Å². The van der Waals surface area contributed by atoms with Crippen LogP contribution in [0, 0.1) is 0 Å². The maximum absolute atomic E-state index is 14.1. The van der Waals surface area contributed by atoms with E-state index in [1.165, 1.54) is 7.11 Å². The molecule has 0 fully saturated rings. The highest BCUT2D eigenvalue weighted by Gasteiger charge is 2.27. The first-order chi connectivity index (χ1) is 18.9. The number of ether oxygens (including phenoxy) is 7. The summed E-state index contributed by atoms with van der Waals surface area (Å²) in [6, 6.07) is 6.57. The molecule has 0 aliphatic carbocycles. The normalized spacial score (nSPS) is 10.5. The summed E-state index contributed by atoms with van der Waals surface area (Å²) in [5.74, 6) is 0.728. The van der Waals surface area contributed by atoms with E-state index in [0.717, 1.165) is 0 Å². The van der Waals surface area contributed by atoms with Gasteiger partial charge in [-0.1, -0.05) is 32.2 Å². The summed E-state index contributed by atoms with van der Waals surface area (Å²) in [7, 11) is 4.45. The number of methoxy groups -OCH3 is 3. The van der Waals surface area contributed by atoms with E-state index < -0.39 is 5.97 Å². The number of carbonyl (C=O) groups is 2. The smallest absolute Gasteiger partial charge is 0.310 e. The van der Waals surface area contributed by atoms with Gasteiger partial charge in [0.15, 0.2) is 17.3 Å². The molecule has 9 heteroatoms. The molecule has 212 valence electrons. The van der Waals surface area contributed by atoms with Crippen LogP contribution >= 0.6 is 0 Å². The number of rotatable bonds is 19. The molecule has 0 N–H and O–H groups in total. The first-order valence-corrected chi connectivity index (χ1v) is 12.6. The Hall–Kier alpha value is -3.82. The van der Waals surface area contributed by atoms with Crippen molar-refractivity contribution >= 4 is 11.8 Å². The van der Waals surface area contributed by atoms with Crippen molar-refractivity contribution in [1.29, 1.82) is 0 Å². The van der Waals surface area contributed by atoms with Crippen molar-refractivity contribution in [2.24, 2.45) is 0 Å². The standard InChI is InChI=1S/C30H38O9/c1-7-12-36-25-20-27(37-13-8-2)29(23(22(25)9-3)19-28(31)35-6)30(32)21-10-11-24(38-16-14-33-4)26(18-21)39-17-15-34-5/h7-8,10-11,18,20H,1-2,9,12-17,19H2,3-6H3. The molecule has 0 atom stereocenters. The maximum Gasteiger partial charge on any atom is 0.310 e. The number of hydrogen-bond donors (Lipinski definition) is 0. The van der Waals surface area contributed by atoms with Gasteiger partial charge in [0.05, 0.1) is 32.3 Å². The van der Waals surface area contributed by atoms with E-state index in [-0.39, 0.29) is 43.3 Å². The third-order valence-electron chi connectivity index (χ3n) is 5.61. The molecule has 0 aliphatic rings. The highest BCUT2D eigenvalue weighted by molar-refractivity contribution is 6.13. The minimum Gasteiger partial charge on any atom is -0.489 e. The van der Waals surface area contributed by atoms with Gasteiger partial charge in [0.2, 0.25) is 0 Å². The second-order valence-corrected chi connectivity index (χ2v) is 8.18. The monoisotopic (exact) mass is 542 g/mol. The third kappa shape index (κ3) is 8.87. The lowest BCUT2D eigenvalue weighted by Crippen LogP contribution is -2.17. The van der Waals surface area contributed by atoms with Gasteiger partial charge in [-0.3, -0.25) is 9.59 Å². The van der Waals surface area contributed by atoms with Gasteiger partial charge in [0, 0.05) is 25.8 Å². The second kappa shape index (κ2) is 16.9. The molecular weight excluding hydrogens is 504 g/mol. The zero-order valence-corrected chi connectivity index (χ0v) is 23.2. The minimum atomic E-state index is -0.500. The molecule has 0 radical (unpaired) electrons. The Labute approximate surface area is 230 Å². The van der Waals surface area contributed by atoms with E-state index in [4.69, 9.17) is 33.2 Å². The first kappa shape index (κ1) is 31.4. The average Bonchev–Trinajstić information content (AvgIpc) is 2.95. The van der Waals surface area contributed by atoms with Gasteiger partial charge in [0.1, 0.15) is 37.9 Å². The number of esters is 1. The van der Waals surface area contributed by atoms with Crippen molar-refractivity contribution in [1.82, 2.24) is 0 Å². The predicted octanol–water partition coefficient (Wildman–Crippen LogP) is 4.38. The summed E-state index contributed by atoms with van der Waals surface area (Å²) in [6.07, 6.45) is 3.54. The highest BCUT2D eigenvalue weighted by Crippen LogP contribution is 2.38. The van der Waals surface area contributed by atoms with Gasteiger partial charge in [-0.25, -0.2) is 0 Å². The fourth-order valence-electron chi connectivity index (χ4n) is 3.81. The molecule has 2 aromatic rings. The number of benzene rings is 2. The largest absolute Gasteiger partial charge is 0.489 e. The van der Waals surface area contributed by atoms with Crippen LogP contribution in [0.4, 0.5) is 0 Å². The van der Waals surface area contributed by atoms with E-state index in [0.29, 0.717) is 60.2 Å². The lowest BCUT2D eigenvalue weighted by atomic mass is 9.90. The highest BCUT2D eigenvalue weighted by atomic mass is 16.5. The van der Waals surface area contributed by atoms with E-state index in [1.807, 2.05) is 6.92 Å². The Kier molecular flexibility index (Phi) is 13.6. The van der Waals surface area contributed by atoms with E-state index in [9.17, 15) is 9.59 Å². The van der Waals surface area contributed by atoms with Crippen LogP contribution in [0.1, 0.15) is 34.0 Å². The molecule has 2 aromatic carbocycles. The van der Waals surface area contributed by atoms with E-state index >= 15 is 0 Å². The summed E-state index contributed by atoms with van der Waals surface area (Å²) < 4.78 is 38.6. The van der Waals surface area contributed by atoms with Crippen LogP contribution in [0.15, 0.2) is 49.6 Å². The molecule has 2 rings (SSSR count). The molecule has 0 saturated heterocycles. The number of ketones is 1. The first-order valence-electron chi connectivity index (χ1n) is 12.6. The molecule has 39 heavy (non-hydrogen) atoms. The summed E-state index contributed by atoms with van der Waals surface area (Å²) in [4.78, 5) is 26.6. The van der Waals surface area contributed by atoms with Gasteiger partial charge in [-0.05, 0) is 35.7 Å². The quantitative estimate of drug-likeness (QED) is 0.111. The van der Waals surface area contributed by atoms with Crippen LogP contribution in [0.25, 0.3) is 0 Å². The Morgan fingerprint density at radius 1 is 0.744 bits per heavy atom. The molecule has 0 aromatic heterocycles. The molecule has 0 bridgehead atoms. The van der Waals surface area contributed by atoms with Crippen molar-refractivity contribution in [3.63, 3.8) is 0 Å². The predicted molar refractivity (Wildman–Crippen MR) is 148 cm³/mol. The minimum absolute atomic E-state index is 0.141. The van der Waals surface area contributed by atoms with E-state index in [1.54, 1.807) is 50.6 Å². The Balaban J connectivity index is 2.70. The summed E-state index contributed by atoms with van der Waals surface area (Å²) >= 11 is 0. The fourth-order valence-corrected chi connectivity index (χ4v) is 3.81. The average molecular weight is 543 g/mol. The van der Waals surface area contributed by atoms with Gasteiger partial charge in [-0.2, -0.15) is 0 Å². The molecule has 9 nitrogen and oxygen atoms in total. The van der Waals surface area contributed by atoms with Crippen LogP contribution in [-0.2, 0) is 31.8 Å². The van der Waals surface area contributed by atoms with Crippen LogP contribution < -0.4 is 18.9 Å². The molecular formula is C30H38O9. The van der Waals surface area contributed by atoms with Gasteiger partial charge in [0.25, 0.3) is 0 Å². The number of hydrogen-bond acceptors (Lipinski definition) is 9. The fraction of sp³-hybridized carbons (Fsp3) is 0.400. The van der Waals surface area contributed by atoms with Gasteiger partial charge < -0.3 is 33.2 Å². The number of carbonyl (C=O) groups excluding carboxylic acids is 2. The van der Waals surface area contributed by atoms with Gasteiger partial charge >= 0.3 is 5.97 Å². The second-order valence-electron chi connectivity index (χ2n) is 8.18. The van der Waals surface area contributed by atoms with Crippen molar-refractivity contribution < 1.29 is 42.7 Å². The molecule has 0 saturated carbocycles. The molecule has 0 unspecified atom stereocenters. The van der Waals surface area contributed by atoms with Crippen LogP contribution in [0.5, 0.6) is 23.0 Å². The van der Waals surface area contributed by atoms with Crippen molar-refractivity contribution in [2.45, 2.75) is 19.8 Å². The molecule has 0 spiro atoms. The van der Waals surface area contributed by atoms with E-state index in [2.05, 4.69) is 13.2 Å². The summed E-state index contributed by atoms with van der Waals surface area (Å²) in [5.41, 5.74) is 1.73. The van der Waals surface area contributed by atoms with Crippen LogP contribution in [0.3, 0.4) is 0 Å². The molecule has 0 amide bonds. The molecule has 0 heterocycles.